The van der Waals surface area contributed by atoms with Crippen LogP contribution in [0.5, 0.6) is 0 Å². The van der Waals surface area contributed by atoms with Crippen LogP contribution in [-0.2, 0) is 22.6 Å². The van der Waals surface area contributed by atoms with Crippen LogP contribution in [0.4, 0.5) is 0 Å². The van der Waals surface area contributed by atoms with Crippen LogP contribution in [0.15, 0.2) is 78.9 Å². The van der Waals surface area contributed by atoms with E-state index in [0.29, 0.717) is 13.0 Å². The summed E-state index contributed by atoms with van der Waals surface area (Å²) in [5.74, 6) is 0.0124. The third kappa shape index (κ3) is 3.23. The molecule has 6 rings (SSSR count). The molecule has 0 saturated carbocycles. The van der Waals surface area contributed by atoms with Gasteiger partial charge in [-0.25, -0.2) is 0 Å². The molecule has 0 radical (unpaired) electrons. The molecule has 2 aliphatic rings. The Hall–Kier alpha value is -3.86. The first kappa shape index (κ1) is 19.8. The second-order valence-electron chi connectivity index (χ2n) is 9.08. The molecular weight excluding hydrogens is 410 g/mol. The SMILES string of the molecule is Cc1cccc([C@H]2c3[nH]c4ccccc4c3C[C@H]3C(=O)N(Cc4ccccc4)CC(=O)N23)c1. The molecule has 2 atom stereocenters. The van der Waals surface area contributed by atoms with Crippen molar-refractivity contribution in [3.8, 4) is 0 Å². The normalized spacial score (nSPS) is 20.2. The van der Waals surface area contributed by atoms with Crippen molar-refractivity contribution in [2.75, 3.05) is 6.54 Å². The molecule has 33 heavy (non-hydrogen) atoms. The molecule has 1 fully saturated rings. The van der Waals surface area contributed by atoms with Crippen LogP contribution in [0.1, 0.15) is 34.0 Å². The van der Waals surface area contributed by atoms with Crippen LogP contribution >= 0.6 is 0 Å². The number of nitrogens with zero attached hydrogens (tertiary/aromatic N) is 2. The number of hydrogen-bond donors (Lipinski definition) is 1. The van der Waals surface area contributed by atoms with E-state index >= 15 is 0 Å². The average Bonchev–Trinajstić information content (AvgIpc) is 3.20. The number of carbonyl (C=O) groups is 2. The number of hydrogen-bond acceptors (Lipinski definition) is 2. The van der Waals surface area contributed by atoms with E-state index in [1.54, 1.807) is 4.90 Å². The lowest BCUT2D eigenvalue weighted by molar-refractivity contribution is -0.159. The summed E-state index contributed by atoms with van der Waals surface area (Å²) < 4.78 is 0. The maximum atomic E-state index is 13.7. The van der Waals surface area contributed by atoms with Gasteiger partial charge in [-0.05, 0) is 29.7 Å². The standard InChI is InChI=1S/C28H25N3O2/c1-18-8-7-11-20(14-18)27-26-22(21-12-5-6-13-23(21)29-26)15-24-28(33)30(17-25(32)31(24)27)16-19-9-3-2-4-10-19/h2-14,24,27,29H,15-17H2,1H3/t24-,27-/m0/s1. The number of nitrogens with one attached hydrogen (secondary N) is 1. The number of carbonyl (C=O) groups excluding carboxylic acids is 2. The highest BCUT2D eigenvalue weighted by Gasteiger charge is 2.48. The zero-order chi connectivity index (χ0) is 22.5. The van der Waals surface area contributed by atoms with E-state index in [1.165, 1.54) is 0 Å². The molecule has 3 heterocycles. The summed E-state index contributed by atoms with van der Waals surface area (Å²) in [6, 6.07) is 25.5. The highest BCUT2D eigenvalue weighted by molar-refractivity contribution is 5.97. The molecule has 4 aromatic rings. The zero-order valence-corrected chi connectivity index (χ0v) is 18.5. The molecule has 1 saturated heterocycles. The largest absolute Gasteiger partial charge is 0.356 e. The van der Waals surface area contributed by atoms with Crippen molar-refractivity contribution >= 4 is 22.7 Å². The predicted octanol–water partition coefficient (Wildman–Crippen LogP) is 4.36. The number of para-hydroxylation sites is 1. The lowest BCUT2D eigenvalue weighted by Gasteiger charge is -2.47. The van der Waals surface area contributed by atoms with Crippen LogP contribution in [0.25, 0.3) is 10.9 Å². The van der Waals surface area contributed by atoms with E-state index in [2.05, 4.69) is 42.2 Å². The molecule has 0 spiro atoms. The number of amides is 2. The van der Waals surface area contributed by atoms with Crippen LogP contribution in [-0.4, -0.2) is 39.2 Å². The first-order chi connectivity index (χ1) is 16.1. The molecule has 2 amide bonds. The molecule has 0 unspecified atom stereocenters. The topological polar surface area (TPSA) is 56.4 Å². The van der Waals surface area contributed by atoms with E-state index in [0.717, 1.165) is 38.9 Å². The van der Waals surface area contributed by atoms with Crippen molar-refractivity contribution in [1.82, 2.24) is 14.8 Å². The Balaban J connectivity index is 1.47. The van der Waals surface area contributed by atoms with Gasteiger partial charge < -0.3 is 14.8 Å². The van der Waals surface area contributed by atoms with Gasteiger partial charge in [0.2, 0.25) is 11.8 Å². The van der Waals surface area contributed by atoms with Gasteiger partial charge in [0, 0.05) is 29.6 Å². The Morgan fingerprint density at radius 2 is 1.73 bits per heavy atom. The van der Waals surface area contributed by atoms with Gasteiger partial charge in [0.25, 0.3) is 0 Å². The first-order valence-corrected chi connectivity index (χ1v) is 11.4. The number of H-pyrrole nitrogens is 1. The Bertz CT molecular complexity index is 1370. The van der Waals surface area contributed by atoms with E-state index in [-0.39, 0.29) is 24.4 Å². The van der Waals surface area contributed by atoms with Gasteiger partial charge >= 0.3 is 0 Å². The zero-order valence-electron chi connectivity index (χ0n) is 18.5. The minimum absolute atomic E-state index is 0.00802. The summed E-state index contributed by atoms with van der Waals surface area (Å²) in [5.41, 5.74) is 6.41. The fourth-order valence-corrected chi connectivity index (χ4v) is 5.45. The second kappa shape index (κ2) is 7.62. The molecule has 164 valence electrons. The molecule has 0 bridgehead atoms. The van der Waals surface area contributed by atoms with Crippen molar-refractivity contribution in [2.45, 2.75) is 32.0 Å². The van der Waals surface area contributed by atoms with Crippen molar-refractivity contribution in [3.63, 3.8) is 0 Å². The lowest BCUT2D eigenvalue weighted by atomic mass is 9.86. The van der Waals surface area contributed by atoms with Gasteiger partial charge in [-0.15, -0.1) is 0 Å². The van der Waals surface area contributed by atoms with Crippen LogP contribution in [0.3, 0.4) is 0 Å². The van der Waals surface area contributed by atoms with Gasteiger partial charge in [0.15, 0.2) is 0 Å². The summed E-state index contributed by atoms with van der Waals surface area (Å²) >= 11 is 0. The molecule has 3 aromatic carbocycles. The van der Waals surface area contributed by atoms with Crippen molar-refractivity contribution in [2.24, 2.45) is 0 Å². The second-order valence-corrected chi connectivity index (χ2v) is 9.08. The molecule has 2 aliphatic heterocycles. The number of aromatic nitrogens is 1. The predicted molar refractivity (Wildman–Crippen MR) is 128 cm³/mol. The smallest absolute Gasteiger partial charge is 0.246 e. The number of piperazine rings is 1. The van der Waals surface area contributed by atoms with Crippen LogP contribution < -0.4 is 0 Å². The minimum atomic E-state index is -0.507. The molecule has 0 aliphatic carbocycles. The number of aryl methyl sites for hydroxylation is 1. The summed E-state index contributed by atoms with van der Waals surface area (Å²) in [6.45, 7) is 2.61. The molecule has 5 nitrogen and oxygen atoms in total. The fourth-order valence-electron chi connectivity index (χ4n) is 5.45. The molecule has 5 heteroatoms. The Morgan fingerprint density at radius 3 is 2.55 bits per heavy atom. The third-order valence-electron chi connectivity index (χ3n) is 6.92. The van der Waals surface area contributed by atoms with Crippen molar-refractivity contribution in [1.29, 1.82) is 0 Å². The van der Waals surface area contributed by atoms with Crippen molar-refractivity contribution in [3.05, 3.63) is 107 Å². The average molecular weight is 436 g/mol. The van der Waals surface area contributed by atoms with Gasteiger partial charge in [-0.1, -0.05) is 78.4 Å². The quantitative estimate of drug-likeness (QED) is 0.520. The molecular formula is C28H25N3O2. The van der Waals surface area contributed by atoms with Gasteiger partial charge in [-0.2, -0.15) is 0 Å². The summed E-state index contributed by atoms with van der Waals surface area (Å²) in [5, 5.41) is 1.13. The Morgan fingerprint density at radius 1 is 0.939 bits per heavy atom. The summed E-state index contributed by atoms with van der Waals surface area (Å²) in [4.78, 5) is 34.5. The first-order valence-electron chi connectivity index (χ1n) is 11.4. The maximum Gasteiger partial charge on any atom is 0.246 e. The monoisotopic (exact) mass is 435 g/mol. The maximum absolute atomic E-state index is 13.7. The minimum Gasteiger partial charge on any atom is -0.356 e. The number of benzene rings is 3. The molecule has 1 aromatic heterocycles. The number of aromatic amines is 1. The van der Waals surface area contributed by atoms with Crippen molar-refractivity contribution < 1.29 is 9.59 Å². The third-order valence-corrected chi connectivity index (χ3v) is 6.92. The number of fused-ring (bicyclic) bond motifs is 4. The summed E-state index contributed by atoms with van der Waals surface area (Å²) in [7, 11) is 0. The lowest BCUT2D eigenvalue weighted by Crippen LogP contribution is -2.62. The van der Waals surface area contributed by atoms with Crippen LogP contribution in [0, 0.1) is 6.92 Å². The Kier molecular flexibility index (Phi) is 4.57. The Labute approximate surface area is 192 Å². The highest BCUT2D eigenvalue weighted by atomic mass is 16.2. The fraction of sp³-hybridized carbons (Fsp3) is 0.214. The van der Waals surface area contributed by atoms with E-state index in [9.17, 15) is 9.59 Å². The summed E-state index contributed by atoms with van der Waals surface area (Å²) in [6.07, 6.45) is 0.525. The van der Waals surface area contributed by atoms with Gasteiger partial charge in [0.05, 0.1) is 6.04 Å². The highest BCUT2D eigenvalue weighted by Crippen LogP contribution is 2.42. The van der Waals surface area contributed by atoms with Crippen LogP contribution in [0.2, 0.25) is 0 Å². The van der Waals surface area contributed by atoms with E-state index < -0.39 is 6.04 Å². The van der Waals surface area contributed by atoms with Gasteiger partial charge in [-0.3, -0.25) is 9.59 Å². The van der Waals surface area contributed by atoms with Gasteiger partial charge in [0.1, 0.15) is 12.6 Å². The number of rotatable bonds is 3. The molecule has 1 N–H and O–H groups in total. The van der Waals surface area contributed by atoms with E-state index in [4.69, 9.17) is 0 Å². The van der Waals surface area contributed by atoms with E-state index in [1.807, 2.05) is 53.4 Å².